The van der Waals surface area contributed by atoms with Crippen molar-refractivity contribution in [2.45, 2.75) is 13.3 Å². The molecular weight excluding hydrogens is 268 g/mol. The lowest BCUT2D eigenvalue weighted by atomic mass is 10.2. The number of esters is 1. The van der Waals surface area contributed by atoms with Crippen molar-refractivity contribution in [3.8, 4) is 5.75 Å². The van der Waals surface area contributed by atoms with Crippen LogP contribution in [0.25, 0.3) is 0 Å². The first-order chi connectivity index (χ1) is 8.98. The van der Waals surface area contributed by atoms with E-state index in [4.69, 9.17) is 4.74 Å². The van der Waals surface area contributed by atoms with Crippen LogP contribution in [-0.4, -0.2) is 39.6 Å². The molecule has 0 saturated carbocycles. The maximum absolute atomic E-state index is 11.3. The Kier molecular flexibility index (Phi) is 5.82. The van der Waals surface area contributed by atoms with E-state index in [1.807, 2.05) is 0 Å². The second-order valence-electron chi connectivity index (χ2n) is 3.95. The second-order valence-corrected chi connectivity index (χ2v) is 6.43. The number of ether oxygens (including phenoxy) is 2. The van der Waals surface area contributed by atoms with Gasteiger partial charge in [0.25, 0.3) is 0 Å². The third-order valence-electron chi connectivity index (χ3n) is 2.58. The van der Waals surface area contributed by atoms with Crippen LogP contribution in [0.4, 0.5) is 0 Å². The van der Waals surface area contributed by atoms with Crippen molar-refractivity contribution >= 4 is 15.8 Å². The first-order valence-electron chi connectivity index (χ1n) is 6.00. The first-order valence-corrected chi connectivity index (χ1v) is 7.82. The molecule has 5 nitrogen and oxygen atoms in total. The maximum atomic E-state index is 11.3. The number of hydrogen-bond acceptors (Lipinski definition) is 5. The van der Waals surface area contributed by atoms with E-state index < -0.39 is 15.8 Å². The van der Waals surface area contributed by atoms with E-state index in [1.54, 1.807) is 31.2 Å². The molecule has 0 saturated heterocycles. The molecule has 0 fully saturated rings. The van der Waals surface area contributed by atoms with Gasteiger partial charge in [0.1, 0.15) is 15.6 Å². The van der Waals surface area contributed by atoms with Crippen molar-refractivity contribution in [3.63, 3.8) is 0 Å². The van der Waals surface area contributed by atoms with Crippen LogP contribution in [0.1, 0.15) is 23.7 Å². The average molecular weight is 286 g/mol. The van der Waals surface area contributed by atoms with Crippen LogP contribution in [0.15, 0.2) is 24.3 Å². The standard InChI is InChI=1S/C13H18O5S/c1-3-19(15,16)10-4-9-18-12-7-5-11(6-8-12)13(14)17-2/h5-8H,3-4,9-10H2,1-2H3. The molecule has 1 rings (SSSR count). The smallest absolute Gasteiger partial charge is 0.337 e. The average Bonchev–Trinajstić information content (AvgIpc) is 2.43. The summed E-state index contributed by atoms with van der Waals surface area (Å²) in [6.07, 6.45) is 0.453. The predicted octanol–water partition coefficient (Wildman–Crippen LogP) is 1.68. The largest absolute Gasteiger partial charge is 0.494 e. The Balaban J connectivity index is 2.40. The zero-order valence-electron chi connectivity index (χ0n) is 11.1. The van der Waals surface area contributed by atoms with Gasteiger partial charge >= 0.3 is 5.97 Å². The number of carbonyl (C=O) groups excluding carboxylic acids is 1. The Morgan fingerprint density at radius 1 is 1.21 bits per heavy atom. The van der Waals surface area contributed by atoms with Crippen molar-refractivity contribution in [2.75, 3.05) is 25.2 Å². The van der Waals surface area contributed by atoms with Gasteiger partial charge in [-0.05, 0) is 30.7 Å². The third kappa shape index (κ3) is 5.30. The third-order valence-corrected chi connectivity index (χ3v) is 4.37. The van der Waals surface area contributed by atoms with Crippen LogP contribution in [0, 0.1) is 0 Å². The summed E-state index contributed by atoms with van der Waals surface area (Å²) >= 11 is 0. The summed E-state index contributed by atoms with van der Waals surface area (Å²) in [6, 6.07) is 6.51. The van der Waals surface area contributed by atoms with Crippen LogP contribution >= 0.6 is 0 Å². The summed E-state index contributed by atoms with van der Waals surface area (Å²) in [7, 11) is -1.62. The van der Waals surface area contributed by atoms with Gasteiger partial charge in [0, 0.05) is 5.75 Å². The monoisotopic (exact) mass is 286 g/mol. The molecule has 6 heteroatoms. The van der Waals surface area contributed by atoms with Crippen LogP contribution in [-0.2, 0) is 14.6 Å². The van der Waals surface area contributed by atoms with E-state index in [0.29, 0.717) is 24.3 Å². The fourth-order valence-corrected chi connectivity index (χ4v) is 2.26. The van der Waals surface area contributed by atoms with Crippen LogP contribution in [0.3, 0.4) is 0 Å². The van der Waals surface area contributed by atoms with Crippen molar-refractivity contribution in [1.29, 1.82) is 0 Å². The lowest BCUT2D eigenvalue weighted by Crippen LogP contribution is -2.11. The molecule has 0 amide bonds. The molecule has 106 valence electrons. The molecule has 19 heavy (non-hydrogen) atoms. The summed E-state index contributed by atoms with van der Waals surface area (Å²) in [5, 5.41) is 0. The highest BCUT2D eigenvalue weighted by Gasteiger charge is 2.07. The van der Waals surface area contributed by atoms with Crippen molar-refractivity contribution in [2.24, 2.45) is 0 Å². The summed E-state index contributed by atoms with van der Waals surface area (Å²) in [6.45, 7) is 1.96. The van der Waals surface area contributed by atoms with Gasteiger partial charge in [-0.25, -0.2) is 13.2 Å². The normalized spacial score (nSPS) is 11.1. The molecule has 0 aliphatic rings. The van der Waals surface area contributed by atoms with Gasteiger partial charge in [0.05, 0.1) is 25.0 Å². The molecule has 1 aromatic rings. The molecule has 0 aliphatic heterocycles. The van der Waals surface area contributed by atoms with Gasteiger partial charge in [0.2, 0.25) is 0 Å². The molecule has 1 aromatic carbocycles. The van der Waals surface area contributed by atoms with E-state index in [2.05, 4.69) is 4.74 Å². The number of hydrogen-bond donors (Lipinski definition) is 0. The summed E-state index contributed by atoms with van der Waals surface area (Å²) in [4.78, 5) is 11.2. The van der Waals surface area contributed by atoms with Gasteiger partial charge in [-0.15, -0.1) is 0 Å². The van der Waals surface area contributed by atoms with Gasteiger partial charge in [0.15, 0.2) is 0 Å². The quantitative estimate of drug-likeness (QED) is 0.563. The van der Waals surface area contributed by atoms with Gasteiger partial charge in [-0.2, -0.15) is 0 Å². The Bertz CT molecular complexity index is 504. The number of benzene rings is 1. The van der Waals surface area contributed by atoms with Crippen molar-refractivity contribution in [3.05, 3.63) is 29.8 Å². The zero-order chi connectivity index (χ0) is 14.3. The Hall–Kier alpha value is -1.56. The van der Waals surface area contributed by atoms with Crippen molar-refractivity contribution in [1.82, 2.24) is 0 Å². The van der Waals surface area contributed by atoms with E-state index in [9.17, 15) is 13.2 Å². The number of methoxy groups -OCH3 is 1. The second kappa shape index (κ2) is 7.13. The molecule has 0 aromatic heterocycles. The Morgan fingerprint density at radius 2 is 1.84 bits per heavy atom. The van der Waals surface area contributed by atoms with Crippen LogP contribution in [0.2, 0.25) is 0 Å². The van der Waals surface area contributed by atoms with E-state index in [-0.39, 0.29) is 11.5 Å². The fourth-order valence-electron chi connectivity index (χ4n) is 1.42. The van der Waals surface area contributed by atoms with E-state index >= 15 is 0 Å². The minimum Gasteiger partial charge on any atom is -0.494 e. The fraction of sp³-hybridized carbons (Fsp3) is 0.462. The molecule has 0 spiro atoms. The molecular formula is C13H18O5S. The van der Waals surface area contributed by atoms with E-state index in [0.717, 1.165) is 0 Å². The predicted molar refractivity (Wildman–Crippen MR) is 72.2 cm³/mol. The number of rotatable bonds is 7. The zero-order valence-corrected chi connectivity index (χ0v) is 11.9. The molecule has 0 radical (unpaired) electrons. The number of sulfone groups is 1. The van der Waals surface area contributed by atoms with Crippen LogP contribution < -0.4 is 4.74 Å². The van der Waals surface area contributed by atoms with E-state index in [1.165, 1.54) is 7.11 Å². The van der Waals surface area contributed by atoms with Gasteiger partial charge < -0.3 is 9.47 Å². The topological polar surface area (TPSA) is 69.7 Å². The minimum absolute atomic E-state index is 0.129. The first kappa shape index (κ1) is 15.5. The molecule has 0 N–H and O–H groups in total. The lowest BCUT2D eigenvalue weighted by Gasteiger charge is -2.06. The highest BCUT2D eigenvalue weighted by molar-refractivity contribution is 7.91. The molecule has 0 aliphatic carbocycles. The summed E-state index contributed by atoms with van der Waals surface area (Å²) in [5.41, 5.74) is 0.448. The Labute approximate surface area is 113 Å². The van der Waals surface area contributed by atoms with Gasteiger partial charge in [-0.3, -0.25) is 0 Å². The lowest BCUT2D eigenvalue weighted by molar-refractivity contribution is 0.0600. The highest BCUT2D eigenvalue weighted by atomic mass is 32.2. The molecule has 0 heterocycles. The summed E-state index contributed by atoms with van der Waals surface area (Å²) < 4.78 is 32.5. The molecule has 0 unspecified atom stereocenters. The minimum atomic E-state index is -2.94. The van der Waals surface area contributed by atoms with Crippen molar-refractivity contribution < 1.29 is 22.7 Å². The van der Waals surface area contributed by atoms with Crippen LogP contribution in [0.5, 0.6) is 5.75 Å². The SMILES string of the molecule is CCS(=O)(=O)CCCOc1ccc(C(=O)OC)cc1. The summed E-state index contributed by atoms with van der Waals surface area (Å²) in [5.74, 6) is 0.479. The molecule has 0 bridgehead atoms. The maximum Gasteiger partial charge on any atom is 0.337 e. The number of carbonyl (C=O) groups is 1. The van der Waals surface area contributed by atoms with Gasteiger partial charge in [-0.1, -0.05) is 6.92 Å². The Morgan fingerprint density at radius 3 is 2.37 bits per heavy atom. The highest BCUT2D eigenvalue weighted by Crippen LogP contribution is 2.13. The molecule has 0 atom stereocenters.